The van der Waals surface area contributed by atoms with E-state index in [0.29, 0.717) is 22.3 Å². The van der Waals surface area contributed by atoms with Crippen molar-refractivity contribution in [3.8, 4) is 11.6 Å². The first-order chi connectivity index (χ1) is 12.1. The molecule has 7 heteroatoms. The molecule has 0 saturated heterocycles. The second-order valence-electron chi connectivity index (χ2n) is 5.20. The summed E-state index contributed by atoms with van der Waals surface area (Å²) in [5, 5.41) is 5.13. The molecule has 0 unspecified atom stereocenters. The third kappa shape index (κ3) is 4.20. The number of aromatic nitrogens is 2. The Kier molecular flexibility index (Phi) is 5.38. The lowest BCUT2D eigenvalue weighted by molar-refractivity contribution is 0.0723. The molecule has 0 aliphatic carbocycles. The molecule has 25 heavy (non-hydrogen) atoms. The van der Waals surface area contributed by atoms with Gasteiger partial charge in [0.05, 0.1) is 23.6 Å². The predicted molar refractivity (Wildman–Crippen MR) is 95.7 cm³/mol. The van der Waals surface area contributed by atoms with E-state index >= 15 is 0 Å². The topological polar surface area (TPSA) is 53.4 Å². The summed E-state index contributed by atoms with van der Waals surface area (Å²) < 4.78 is 12.2. The molecule has 0 atom stereocenters. The van der Waals surface area contributed by atoms with E-state index in [2.05, 4.69) is 5.10 Å². The molecule has 0 N–H and O–H groups in total. The van der Waals surface area contributed by atoms with Crippen molar-refractivity contribution >= 4 is 29.2 Å². The van der Waals surface area contributed by atoms with Gasteiger partial charge in [-0.15, -0.1) is 0 Å². The largest absolute Gasteiger partial charge is 0.404 e. The minimum absolute atomic E-state index is 0.256. The third-order valence-electron chi connectivity index (χ3n) is 3.32. The average Bonchev–Trinajstić information content (AvgIpc) is 2.97. The first-order valence-electron chi connectivity index (χ1n) is 7.38. The Morgan fingerprint density at radius 1 is 1.08 bits per heavy atom. The summed E-state index contributed by atoms with van der Waals surface area (Å²) in [5.74, 6) is -0.301. The van der Waals surface area contributed by atoms with E-state index in [4.69, 9.17) is 32.7 Å². The van der Waals surface area contributed by atoms with E-state index in [1.165, 1.54) is 12.1 Å². The van der Waals surface area contributed by atoms with Crippen molar-refractivity contribution in [1.29, 1.82) is 0 Å². The number of hydrogen-bond donors (Lipinski definition) is 0. The number of rotatable bonds is 5. The van der Waals surface area contributed by atoms with Gasteiger partial charge in [0.2, 0.25) is 5.88 Å². The molecule has 128 valence electrons. The molecule has 3 aromatic rings. The van der Waals surface area contributed by atoms with Crippen LogP contribution in [0.3, 0.4) is 0 Å². The summed E-state index contributed by atoms with van der Waals surface area (Å²) in [5.41, 5.74) is 1.65. The number of hydrogen-bond acceptors (Lipinski definition) is 4. The maximum absolute atomic E-state index is 12.5. The highest BCUT2D eigenvalue weighted by molar-refractivity contribution is 6.35. The molecule has 0 bridgehead atoms. The van der Waals surface area contributed by atoms with Crippen LogP contribution in [0.4, 0.5) is 0 Å². The van der Waals surface area contributed by atoms with E-state index in [1.807, 2.05) is 30.3 Å². The van der Waals surface area contributed by atoms with Crippen LogP contribution in [0.1, 0.15) is 16.1 Å². The summed E-state index contributed by atoms with van der Waals surface area (Å²) in [6, 6.07) is 15.5. The van der Waals surface area contributed by atoms with Gasteiger partial charge in [-0.05, 0) is 30.3 Å². The van der Waals surface area contributed by atoms with Crippen LogP contribution in [0.2, 0.25) is 10.0 Å². The van der Waals surface area contributed by atoms with Crippen molar-refractivity contribution in [2.45, 2.75) is 6.61 Å². The van der Waals surface area contributed by atoms with Crippen LogP contribution in [-0.4, -0.2) is 22.9 Å². The van der Waals surface area contributed by atoms with Crippen LogP contribution in [0.15, 0.2) is 54.6 Å². The van der Waals surface area contributed by atoms with Gasteiger partial charge in [-0.2, -0.15) is 5.10 Å². The molecule has 0 radical (unpaired) electrons. The van der Waals surface area contributed by atoms with Crippen LogP contribution < -0.4 is 4.74 Å². The first-order valence-corrected chi connectivity index (χ1v) is 8.14. The lowest BCUT2D eigenvalue weighted by Gasteiger charge is -2.08. The summed E-state index contributed by atoms with van der Waals surface area (Å²) in [4.78, 5) is 12.5. The zero-order valence-electron chi connectivity index (χ0n) is 13.3. The normalized spacial score (nSPS) is 10.7. The van der Waals surface area contributed by atoms with Gasteiger partial charge >= 0.3 is 5.97 Å². The summed E-state index contributed by atoms with van der Waals surface area (Å²) in [6.07, 6.45) is 0. The fourth-order valence-electron chi connectivity index (χ4n) is 2.28. The van der Waals surface area contributed by atoms with E-state index in [1.54, 1.807) is 23.9 Å². The number of carbonyl (C=O) groups is 1. The van der Waals surface area contributed by atoms with Crippen molar-refractivity contribution in [3.05, 3.63) is 75.9 Å². The zero-order valence-corrected chi connectivity index (χ0v) is 14.8. The highest BCUT2D eigenvalue weighted by Crippen LogP contribution is 2.23. The Bertz CT molecular complexity index is 874. The zero-order chi connectivity index (χ0) is 17.8. The second kappa shape index (κ2) is 7.70. The van der Waals surface area contributed by atoms with Crippen LogP contribution in [0.5, 0.6) is 5.88 Å². The van der Waals surface area contributed by atoms with Crippen molar-refractivity contribution in [1.82, 2.24) is 9.78 Å². The average molecular weight is 377 g/mol. The molecule has 0 amide bonds. The lowest BCUT2D eigenvalue weighted by atomic mass is 10.2. The maximum atomic E-state index is 12.5. The Morgan fingerprint density at radius 2 is 1.76 bits per heavy atom. The van der Waals surface area contributed by atoms with Gasteiger partial charge in [0, 0.05) is 23.2 Å². The summed E-state index contributed by atoms with van der Waals surface area (Å²) in [7, 11) is 1.57. The van der Waals surface area contributed by atoms with Crippen molar-refractivity contribution in [3.63, 3.8) is 0 Å². The van der Waals surface area contributed by atoms with Crippen molar-refractivity contribution < 1.29 is 14.3 Å². The number of ether oxygens (including phenoxy) is 2. The third-order valence-corrected chi connectivity index (χ3v) is 3.75. The van der Waals surface area contributed by atoms with Crippen LogP contribution in [-0.2, 0) is 11.3 Å². The standard InChI is InChI=1S/C18H14Cl2N2O3/c1-24-11-15-10-17(22(21-15)16-5-3-2-4-6-16)25-18(23)12-7-13(19)9-14(20)8-12/h2-10H,11H2,1H3. The number of para-hydroxylation sites is 1. The highest BCUT2D eigenvalue weighted by atomic mass is 35.5. The summed E-state index contributed by atoms with van der Waals surface area (Å²) >= 11 is 11.9. The van der Waals surface area contributed by atoms with Gasteiger partial charge in [0.1, 0.15) is 0 Å². The molecule has 0 spiro atoms. The number of nitrogens with zero attached hydrogens (tertiary/aromatic N) is 2. The second-order valence-corrected chi connectivity index (χ2v) is 6.07. The van der Waals surface area contributed by atoms with Crippen LogP contribution >= 0.6 is 23.2 Å². The predicted octanol–water partition coefficient (Wildman–Crippen LogP) is 4.54. The van der Waals surface area contributed by atoms with Crippen molar-refractivity contribution in [2.75, 3.05) is 7.11 Å². The highest BCUT2D eigenvalue weighted by Gasteiger charge is 2.17. The molecule has 1 aromatic heterocycles. The smallest absolute Gasteiger partial charge is 0.344 e. The number of methoxy groups -OCH3 is 1. The Labute approximate surface area is 154 Å². The Balaban J connectivity index is 1.94. The fourth-order valence-corrected chi connectivity index (χ4v) is 2.81. The Hall–Kier alpha value is -2.34. The molecular formula is C18H14Cl2N2O3. The lowest BCUT2D eigenvalue weighted by Crippen LogP contribution is -2.11. The van der Waals surface area contributed by atoms with Gasteiger partial charge < -0.3 is 9.47 Å². The molecule has 0 aliphatic heterocycles. The minimum atomic E-state index is -0.578. The van der Waals surface area contributed by atoms with Crippen molar-refractivity contribution in [2.24, 2.45) is 0 Å². The number of benzene rings is 2. The maximum Gasteiger partial charge on any atom is 0.344 e. The molecule has 3 rings (SSSR count). The summed E-state index contributed by atoms with van der Waals surface area (Å²) in [6.45, 7) is 0.299. The van der Waals surface area contributed by atoms with Crippen LogP contribution in [0.25, 0.3) is 5.69 Å². The van der Waals surface area contributed by atoms with E-state index in [-0.39, 0.29) is 11.4 Å². The monoisotopic (exact) mass is 376 g/mol. The first kappa shape index (κ1) is 17.5. The van der Waals surface area contributed by atoms with Gasteiger partial charge in [-0.3, -0.25) is 0 Å². The van der Waals surface area contributed by atoms with Gasteiger partial charge in [-0.25, -0.2) is 9.48 Å². The van der Waals surface area contributed by atoms with E-state index in [9.17, 15) is 4.79 Å². The number of esters is 1. The van der Waals surface area contributed by atoms with E-state index in [0.717, 1.165) is 5.69 Å². The van der Waals surface area contributed by atoms with Crippen LogP contribution in [0, 0.1) is 0 Å². The molecule has 0 saturated carbocycles. The fraction of sp³-hybridized carbons (Fsp3) is 0.111. The van der Waals surface area contributed by atoms with Gasteiger partial charge in [-0.1, -0.05) is 41.4 Å². The number of halogens is 2. The molecule has 0 fully saturated rings. The van der Waals surface area contributed by atoms with Gasteiger partial charge in [0.15, 0.2) is 0 Å². The quantitative estimate of drug-likeness (QED) is 0.613. The molecule has 2 aromatic carbocycles. The SMILES string of the molecule is COCc1cc(OC(=O)c2cc(Cl)cc(Cl)c2)n(-c2ccccc2)n1. The van der Waals surface area contributed by atoms with E-state index < -0.39 is 5.97 Å². The molecule has 1 heterocycles. The number of carbonyl (C=O) groups excluding carboxylic acids is 1. The molecular weight excluding hydrogens is 363 g/mol. The molecule has 0 aliphatic rings. The van der Waals surface area contributed by atoms with Gasteiger partial charge in [0.25, 0.3) is 0 Å². The Morgan fingerprint density at radius 3 is 2.40 bits per heavy atom. The minimum Gasteiger partial charge on any atom is -0.404 e. The molecule has 5 nitrogen and oxygen atoms in total.